The van der Waals surface area contributed by atoms with Crippen LogP contribution in [0.2, 0.25) is 0 Å². The van der Waals surface area contributed by atoms with Crippen LogP contribution in [0.25, 0.3) is 21.7 Å². The highest BCUT2D eigenvalue weighted by Gasteiger charge is 2.68. The van der Waals surface area contributed by atoms with Crippen molar-refractivity contribution >= 4 is 76.5 Å². The maximum Gasteiger partial charge on any atom is 0.355 e. The van der Waals surface area contributed by atoms with E-state index in [4.69, 9.17) is 13.8 Å². The number of urea groups is 1. The van der Waals surface area contributed by atoms with Crippen molar-refractivity contribution in [3.63, 3.8) is 0 Å². The predicted octanol–water partition coefficient (Wildman–Crippen LogP) is 7.39. The van der Waals surface area contributed by atoms with Gasteiger partial charge >= 0.3 is 19.5 Å². The van der Waals surface area contributed by atoms with Gasteiger partial charge in [0, 0.05) is 24.3 Å². The third-order valence-corrected chi connectivity index (χ3v) is 16.1. The Morgan fingerprint density at radius 3 is 2.46 bits per heavy atom. The molecular weight excluding hydrogens is 975 g/mol. The molecule has 10 rings (SSSR count). The zero-order valence-electron chi connectivity index (χ0n) is 40.6. The fourth-order valence-electron chi connectivity index (χ4n) is 10.1. The van der Waals surface area contributed by atoms with Crippen LogP contribution in [0.1, 0.15) is 90.3 Å². The lowest BCUT2D eigenvalue weighted by molar-refractivity contribution is -0.147. The summed E-state index contributed by atoms with van der Waals surface area (Å²) in [6.07, 6.45) is 4.59. The van der Waals surface area contributed by atoms with Gasteiger partial charge in [-0.05, 0) is 123 Å². The highest BCUT2D eigenvalue weighted by Crippen LogP contribution is 2.58. The quantitative estimate of drug-likeness (QED) is 0.0616. The molecule has 3 aliphatic heterocycles. The molecule has 382 valence electrons. The first-order valence-corrected chi connectivity index (χ1v) is 26.2. The van der Waals surface area contributed by atoms with Crippen LogP contribution in [0.5, 0.6) is 5.75 Å². The number of aryl methyl sites for hydroxylation is 1. The molecule has 0 radical (unpaired) electrons. The number of pyridine rings is 1. The van der Waals surface area contributed by atoms with E-state index in [0.29, 0.717) is 34.6 Å². The highest BCUT2D eigenvalue weighted by atomic mass is 31.2. The molecule has 4 aliphatic rings. The summed E-state index contributed by atoms with van der Waals surface area (Å²) in [5.74, 6) is -6.26. The largest absolute Gasteiger partial charge is 0.465 e. The fraction of sp³-hybridized carbons (Fsp3) is 0.340. The summed E-state index contributed by atoms with van der Waals surface area (Å²) in [5, 5.41) is 10.9. The average molecular weight is 1030 g/mol. The highest BCUT2D eigenvalue weighted by molar-refractivity contribution is 7.57. The van der Waals surface area contributed by atoms with Gasteiger partial charge in [0.15, 0.2) is 11.3 Å². The third-order valence-electron chi connectivity index (χ3n) is 14.0. The SMILES string of the molecule is CCCOC(=O)[C@H](C)NP(=O)(Oc1ccccc1)[C@@H](F)c1ccc2ccc(C(=O)N[C@H]3CN(C(=O)c4noc5ccc(C)cc45)CC[C@H]4CCC(C(=O)N5C(=O)N(c6cccnc6)C(=O)C56CC6)N4C3=O)cc2c1. The number of nitrogens with one attached hydrogen (secondary N) is 2. The first kappa shape index (κ1) is 49.7. The third kappa shape index (κ3) is 9.16. The second kappa shape index (κ2) is 19.9. The van der Waals surface area contributed by atoms with Crippen molar-refractivity contribution < 1.29 is 56.3 Å². The van der Waals surface area contributed by atoms with E-state index in [1.165, 1.54) is 65.5 Å². The maximum atomic E-state index is 16.9. The van der Waals surface area contributed by atoms with E-state index in [1.54, 1.807) is 54.6 Å². The minimum atomic E-state index is -4.60. The Balaban J connectivity index is 0.953. The zero-order valence-corrected chi connectivity index (χ0v) is 41.5. The van der Waals surface area contributed by atoms with Gasteiger partial charge in [-0.3, -0.25) is 38.3 Å². The topological polar surface area (TPSA) is 231 Å². The van der Waals surface area contributed by atoms with Crippen LogP contribution < -0.4 is 19.8 Å². The molecule has 2 unspecified atom stereocenters. The second-order valence-corrected chi connectivity index (χ2v) is 21.2. The van der Waals surface area contributed by atoms with Gasteiger partial charge in [0.1, 0.15) is 29.4 Å². The van der Waals surface area contributed by atoms with Crippen LogP contribution in [0.4, 0.5) is 14.9 Å². The molecule has 19 nitrogen and oxygen atoms in total. The van der Waals surface area contributed by atoms with Gasteiger partial charge in [0.05, 0.1) is 30.4 Å². The summed E-state index contributed by atoms with van der Waals surface area (Å²) in [5.41, 5.74) is -0.0141. The van der Waals surface area contributed by atoms with Gasteiger partial charge < -0.3 is 28.9 Å². The number of para-hydroxylation sites is 1. The Morgan fingerprint density at radius 2 is 1.72 bits per heavy atom. The number of rotatable bonds is 14. The number of carbonyl (C=O) groups excluding carboxylic acids is 7. The molecule has 74 heavy (non-hydrogen) atoms. The Bertz CT molecular complexity index is 3280. The number of halogens is 1. The molecule has 2 N–H and O–H groups in total. The van der Waals surface area contributed by atoms with Crippen molar-refractivity contribution in [1.82, 2.24) is 35.2 Å². The molecule has 4 aromatic carbocycles. The zero-order chi connectivity index (χ0) is 52.1. The van der Waals surface area contributed by atoms with Crippen LogP contribution >= 0.6 is 7.52 Å². The average Bonchev–Trinajstić information content (AvgIpc) is 3.84. The number of aromatic nitrogens is 2. The molecule has 1 aliphatic carbocycles. The van der Waals surface area contributed by atoms with Crippen LogP contribution in [0, 0.1) is 6.92 Å². The van der Waals surface area contributed by atoms with Gasteiger partial charge in [-0.1, -0.05) is 60.1 Å². The summed E-state index contributed by atoms with van der Waals surface area (Å²) >= 11 is 0. The van der Waals surface area contributed by atoms with Crippen molar-refractivity contribution in [1.29, 1.82) is 0 Å². The number of ether oxygens (including phenoxy) is 1. The van der Waals surface area contributed by atoms with E-state index < -0.39 is 84.7 Å². The number of nitrogens with zero attached hydrogens (tertiary/aromatic N) is 6. The molecular formula is C53H52FN8O11P. The van der Waals surface area contributed by atoms with E-state index in [-0.39, 0.29) is 73.6 Å². The van der Waals surface area contributed by atoms with Gasteiger partial charge in [-0.15, -0.1) is 0 Å². The molecule has 2 aromatic heterocycles. The maximum absolute atomic E-state index is 16.9. The van der Waals surface area contributed by atoms with E-state index in [0.717, 1.165) is 15.4 Å². The van der Waals surface area contributed by atoms with E-state index >= 15 is 9.18 Å². The van der Waals surface area contributed by atoms with Crippen molar-refractivity contribution in [2.24, 2.45) is 0 Å². The van der Waals surface area contributed by atoms with Gasteiger partial charge in [0.2, 0.25) is 11.8 Å². The first-order chi connectivity index (χ1) is 35.6. The van der Waals surface area contributed by atoms with Gasteiger partial charge in [-0.2, -0.15) is 0 Å². The summed E-state index contributed by atoms with van der Waals surface area (Å²) in [7, 11) is -4.60. The number of anilines is 1. The van der Waals surface area contributed by atoms with E-state index in [9.17, 15) is 33.3 Å². The fourth-order valence-corrected chi connectivity index (χ4v) is 12.0. The summed E-state index contributed by atoms with van der Waals surface area (Å²) in [6.45, 7) is 4.89. The lowest BCUT2D eigenvalue weighted by Gasteiger charge is -2.39. The Kier molecular flexibility index (Phi) is 13.4. The van der Waals surface area contributed by atoms with Crippen molar-refractivity contribution in [2.45, 2.75) is 94.9 Å². The molecule has 7 amide bonds. The number of alkyl halides is 1. The number of benzene rings is 4. The van der Waals surface area contributed by atoms with Crippen molar-refractivity contribution in [3.05, 3.63) is 132 Å². The minimum absolute atomic E-state index is 0.0135. The van der Waals surface area contributed by atoms with Crippen molar-refractivity contribution in [2.75, 3.05) is 24.6 Å². The Morgan fingerprint density at radius 1 is 0.932 bits per heavy atom. The molecule has 0 bridgehead atoms. The first-order valence-electron chi connectivity index (χ1n) is 24.5. The predicted molar refractivity (Wildman–Crippen MR) is 266 cm³/mol. The second-order valence-electron chi connectivity index (χ2n) is 19.1. The monoisotopic (exact) mass is 1030 g/mol. The number of esters is 1. The van der Waals surface area contributed by atoms with Crippen LogP contribution in [0.15, 0.2) is 114 Å². The summed E-state index contributed by atoms with van der Waals surface area (Å²) < 4.78 is 48.0. The smallest absolute Gasteiger partial charge is 0.355 e. The number of hydrogen-bond acceptors (Lipinski definition) is 13. The number of amides is 7. The van der Waals surface area contributed by atoms with E-state index in [2.05, 4.69) is 20.5 Å². The number of imide groups is 2. The minimum Gasteiger partial charge on any atom is -0.465 e. The Labute approximate surface area is 423 Å². The lowest BCUT2D eigenvalue weighted by atomic mass is 10.0. The van der Waals surface area contributed by atoms with Crippen molar-refractivity contribution in [3.8, 4) is 5.75 Å². The molecule has 21 heteroatoms. The van der Waals surface area contributed by atoms with Crippen LogP contribution in [-0.4, -0.2) is 116 Å². The van der Waals surface area contributed by atoms with Crippen LogP contribution in [-0.2, 0) is 28.5 Å². The normalized spacial score (nSPS) is 21.0. The molecule has 4 fully saturated rings. The Hall–Kier alpha value is -7.83. The van der Waals surface area contributed by atoms with Gasteiger partial charge in [0.25, 0.3) is 23.6 Å². The number of fused-ring (bicyclic) bond motifs is 3. The molecule has 5 heterocycles. The number of carbonyl (C=O) groups is 7. The van der Waals surface area contributed by atoms with Gasteiger partial charge in [-0.25, -0.2) is 24.1 Å². The molecule has 6 atom stereocenters. The summed E-state index contributed by atoms with van der Waals surface area (Å²) in [6, 6.07) is 20.0. The van der Waals surface area contributed by atoms with E-state index in [1.807, 2.05) is 19.9 Å². The molecule has 6 aromatic rings. The summed E-state index contributed by atoms with van der Waals surface area (Å²) in [4.78, 5) is 109. The lowest BCUT2D eigenvalue weighted by Crippen LogP contribution is -2.62. The molecule has 1 spiro atoms. The number of hydrogen-bond donors (Lipinski definition) is 2. The van der Waals surface area contributed by atoms with Crippen LogP contribution in [0.3, 0.4) is 0 Å². The molecule has 3 saturated heterocycles. The molecule has 1 saturated carbocycles. The standard InChI is InChI=1S/C53H52FN8O11P/c1-4-25-71-50(67)32(3)58-74(70,73-39-10-6-5-7-11-39)45(54)34-15-13-33-14-16-35(28-36(33)27-34)46(63)56-41-30-59(49(66)44-40-26-31(2)12-19-43(40)72-57-44)24-20-37-17-18-42(60(37)47(41)64)48(65)62-52(69)61(38-9-8-23-55-29-38)51(68)53(62)21-22-53/h5-16,19,23,26-29,32,37,41-42,45H,4,17-18,20-22,24-25,30H2,1-3H3,(H,56,63)(H,58,70)/t32-,37+,41-,42?,45+,74?/m0/s1.